The summed E-state index contributed by atoms with van der Waals surface area (Å²) in [5, 5.41) is 5.87. The van der Waals surface area contributed by atoms with Crippen LogP contribution in [-0.2, 0) is 11.3 Å². The minimum atomic E-state index is -0.390. The molecule has 0 atom stereocenters. The number of nitrogens with zero attached hydrogens (tertiary/aromatic N) is 1. The molecule has 2 aromatic carbocycles. The average molecular weight is 440 g/mol. The molecule has 1 amide bonds. The SMILES string of the molecule is CNCc1cc(-c2ccccc2F)n(Sc2cccc(OCC3(C(=O)NC)CC3)c2)c1. The van der Waals surface area contributed by atoms with Crippen LogP contribution in [0.15, 0.2) is 65.7 Å². The van der Waals surface area contributed by atoms with Crippen LogP contribution >= 0.6 is 11.9 Å². The Bertz CT molecular complexity index is 1080. The zero-order chi connectivity index (χ0) is 21.8. The lowest BCUT2D eigenvalue weighted by Crippen LogP contribution is -2.33. The van der Waals surface area contributed by atoms with Gasteiger partial charge < -0.3 is 15.4 Å². The van der Waals surface area contributed by atoms with E-state index in [9.17, 15) is 9.18 Å². The number of ether oxygens (including phenoxy) is 1. The molecule has 0 spiro atoms. The first-order valence-corrected chi connectivity index (χ1v) is 11.1. The maximum atomic E-state index is 14.5. The highest BCUT2D eigenvalue weighted by atomic mass is 32.2. The molecule has 1 aliphatic carbocycles. The third-order valence-corrected chi connectivity index (χ3v) is 6.42. The van der Waals surface area contributed by atoms with Crippen molar-refractivity contribution in [2.24, 2.45) is 5.41 Å². The van der Waals surface area contributed by atoms with Crippen LogP contribution in [0.5, 0.6) is 5.75 Å². The summed E-state index contributed by atoms with van der Waals surface area (Å²) in [6.07, 6.45) is 3.72. The lowest BCUT2D eigenvalue weighted by Gasteiger charge is -2.15. The van der Waals surface area contributed by atoms with E-state index in [0.29, 0.717) is 18.7 Å². The number of carbonyl (C=O) groups is 1. The Morgan fingerprint density at radius 3 is 2.68 bits per heavy atom. The molecule has 162 valence electrons. The third-order valence-electron chi connectivity index (χ3n) is 5.46. The Kier molecular flexibility index (Phi) is 6.34. The summed E-state index contributed by atoms with van der Waals surface area (Å²) < 4.78 is 22.4. The monoisotopic (exact) mass is 439 g/mol. The van der Waals surface area contributed by atoms with Crippen molar-refractivity contribution in [3.8, 4) is 17.0 Å². The Labute approximate surface area is 186 Å². The largest absolute Gasteiger partial charge is 0.492 e. The summed E-state index contributed by atoms with van der Waals surface area (Å²) in [6, 6.07) is 16.6. The quantitative estimate of drug-likeness (QED) is 0.516. The van der Waals surface area contributed by atoms with Gasteiger partial charge in [-0.3, -0.25) is 8.77 Å². The molecule has 1 saturated carbocycles. The Hall–Kier alpha value is -2.77. The summed E-state index contributed by atoms with van der Waals surface area (Å²) in [4.78, 5) is 13.0. The predicted octanol–water partition coefficient (Wildman–Crippen LogP) is 4.47. The van der Waals surface area contributed by atoms with E-state index in [-0.39, 0.29) is 11.7 Å². The third kappa shape index (κ3) is 4.78. The van der Waals surface area contributed by atoms with Crippen LogP contribution in [0.3, 0.4) is 0 Å². The van der Waals surface area contributed by atoms with E-state index in [1.807, 2.05) is 53.6 Å². The molecule has 3 aromatic rings. The standard InChI is InChI=1S/C24H26FN3O2S/c1-26-14-17-12-22(20-8-3-4-9-21(20)25)28(15-17)31-19-7-5-6-18(13-19)30-16-24(10-11-24)23(29)27-2/h3-9,12-13,15,26H,10-11,14,16H2,1-2H3,(H,27,29). The number of nitrogens with one attached hydrogen (secondary N) is 2. The van der Waals surface area contributed by atoms with Gasteiger partial charge in [0.1, 0.15) is 18.2 Å². The van der Waals surface area contributed by atoms with Crippen LogP contribution in [-0.4, -0.2) is 30.6 Å². The first-order chi connectivity index (χ1) is 15.0. The van der Waals surface area contributed by atoms with Gasteiger partial charge in [0.15, 0.2) is 0 Å². The van der Waals surface area contributed by atoms with Crippen LogP contribution in [0, 0.1) is 11.2 Å². The molecule has 0 aliphatic heterocycles. The molecule has 0 saturated heterocycles. The van der Waals surface area contributed by atoms with E-state index >= 15 is 0 Å². The van der Waals surface area contributed by atoms with Crippen molar-refractivity contribution >= 4 is 17.9 Å². The van der Waals surface area contributed by atoms with Gasteiger partial charge in [-0.05, 0) is 73.8 Å². The first-order valence-electron chi connectivity index (χ1n) is 10.3. The Balaban J connectivity index is 1.55. The molecule has 7 heteroatoms. The van der Waals surface area contributed by atoms with Gasteiger partial charge >= 0.3 is 0 Å². The highest BCUT2D eigenvalue weighted by Gasteiger charge is 2.50. The van der Waals surface area contributed by atoms with Crippen molar-refractivity contribution in [2.45, 2.75) is 24.3 Å². The zero-order valence-electron chi connectivity index (χ0n) is 17.7. The van der Waals surface area contributed by atoms with Gasteiger partial charge in [-0.2, -0.15) is 0 Å². The number of hydrogen-bond donors (Lipinski definition) is 2. The molecule has 1 fully saturated rings. The summed E-state index contributed by atoms with van der Waals surface area (Å²) in [6.45, 7) is 1.07. The summed E-state index contributed by atoms with van der Waals surface area (Å²) in [7, 11) is 3.55. The summed E-state index contributed by atoms with van der Waals surface area (Å²) in [5.74, 6) is 0.506. The van der Waals surface area contributed by atoms with E-state index in [1.54, 1.807) is 19.2 Å². The van der Waals surface area contributed by atoms with E-state index in [0.717, 1.165) is 34.7 Å². The van der Waals surface area contributed by atoms with Gasteiger partial charge in [0.25, 0.3) is 0 Å². The molecule has 1 heterocycles. The minimum Gasteiger partial charge on any atom is -0.492 e. The Morgan fingerprint density at radius 2 is 1.97 bits per heavy atom. The molecule has 0 unspecified atom stereocenters. The van der Waals surface area contributed by atoms with Crippen molar-refractivity contribution < 1.29 is 13.9 Å². The molecule has 1 aliphatic rings. The summed E-state index contributed by atoms with van der Waals surface area (Å²) >= 11 is 1.50. The molecule has 31 heavy (non-hydrogen) atoms. The second-order valence-electron chi connectivity index (χ2n) is 7.78. The molecule has 0 bridgehead atoms. The fraction of sp³-hybridized carbons (Fsp3) is 0.292. The second kappa shape index (κ2) is 9.16. The number of halogens is 1. The van der Waals surface area contributed by atoms with E-state index in [4.69, 9.17) is 4.74 Å². The topological polar surface area (TPSA) is 55.3 Å². The van der Waals surface area contributed by atoms with Crippen molar-refractivity contribution in [3.63, 3.8) is 0 Å². The Morgan fingerprint density at radius 1 is 1.16 bits per heavy atom. The number of carbonyl (C=O) groups excluding carboxylic acids is 1. The molecule has 1 aromatic heterocycles. The van der Waals surface area contributed by atoms with Crippen molar-refractivity contribution in [2.75, 3.05) is 20.7 Å². The van der Waals surface area contributed by atoms with E-state index < -0.39 is 5.41 Å². The van der Waals surface area contributed by atoms with Crippen molar-refractivity contribution in [1.82, 2.24) is 14.6 Å². The number of amides is 1. The van der Waals surface area contributed by atoms with Gasteiger partial charge in [0.05, 0.1) is 11.1 Å². The molecule has 0 radical (unpaired) electrons. The molecule has 5 nitrogen and oxygen atoms in total. The fourth-order valence-electron chi connectivity index (χ4n) is 3.55. The van der Waals surface area contributed by atoms with Gasteiger partial charge in [-0.15, -0.1) is 0 Å². The molecule has 2 N–H and O–H groups in total. The first kappa shape index (κ1) is 21.5. The number of benzene rings is 2. The average Bonchev–Trinajstić information content (AvgIpc) is 3.48. The van der Waals surface area contributed by atoms with Crippen LogP contribution in [0.1, 0.15) is 18.4 Å². The van der Waals surface area contributed by atoms with E-state index in [1.165, 1.54) is 18.0 Å². The van der Waals surface area contributed by atoms with Crippen LogP contribution in [0.4, 0.5) is 4.39 Å². The highest BCUT2D eigenvalue weighted by Crippen LogP contribution is 2.46. The lowest BCUT2D eigenvalue weighted by atomic mass is 10.1. The number of hydrogen-bond acceptors (Lipinski definition) is 4. The van der Waals surface area contributed by atoms with Gasteiger partial charge in [-0.25, -0.2) is 4.39 Å². The normalized spacial score (nSPS) is 14.3. The predicted molar refractivity (Wildman–Crippen MR) is 122 cm³/mol. The van der Waals surface area contributed by atoms with Crippen molar-refractivity contribution in [1.29, 1.82) is 0 Å². The van der Waals surface area contributed by atoms with Crippen LogP contribution < -0.4 is 15.4 Å². The lowest BCUT2D eigenvalue weighted by molar-refractivity contribution is -0.126. The minimum absolute atomic E-state index is 0.0389. The number of aromatic nitrogens is 1. The second-order valence-corrected chi connectivity index (χ2v) is 8.83. The maximum Gasteiger partial charge on any atom is 0.229 e. The number of rotatable bonds is 9. The maximum absolute atomic E-state index is 14.5. The van der Waals surface area contributed by atoms with Crippen LogP contribution in [0.25, 0.3) is 11.3 Å². The molecular weight excluding hydrogens is 413 g/mol. The van der Waals surface area contributed by atoms with Gasteiger partial charge in [0.2, 0.25) is 5.91 Å². The van der Waals surface area contributed by atoms with Gasteiger partial charge in [-0.1, -0.05) is 18.2 Å². The smallest absolute Gasteiger partial charge is 0.229 e. The van der Waals surface area contributed by atoms with Gasteiger partial charge in [0, 0.05) is 30.2 Å². The highest BCUT2D eigenvalue weighted by molar-refractivity contribution is 7.98. The fourth-order valence-corrected chi connectivity index (χ4v) is 4.52. The van der Waals surface area contributed by atoms with Crippen molar-refractivity contribution in [3.05, 3.63) is 72.2 Å². The zero-order valence-corrected chi connectivity index (χ0v) is 18.5. The van der Waals surface area contributed by atoms with Crippen LogP contribution in [0.2, 0.25) is 0 Å². The molecular formula is C24H26FN3O2S. The van der Waals surface area contributed by atoms with E-state index in [2.05, 4.69) is 10.6 Å². The molecule has 4 rings (SSSR count). The summed E-state index contributed by atoms with van der Waals surface area (Å²) in [5.41, 5.74) is 2.04.